The van der Waals surface area contributed by atoms with Gasteiger partial charge >= 0.3 is 0 Å². The van der Waals surface area contributed by atoms with Crippen LogP contribution in [0, 0.1) is 5.92 Å². The number of aromatic nitrogens is 2. The number of hydrogen-bond donors (Lipinski definition) is 2. The van der Waals surface area contributed by atoms with Crippen molar-refractivity contribution >= 4 is 17.5 Å². The van der Waals surface area contributed by atoms with Crippen molar-refractivity contribution in [1.82, 2.24) is 15.5 Å². The van der Waals surface area contributed by atoms with Crippen LogP contribution in [0.5, 0.6) is 11.5 Å². The third-order valence-corrected chi connectivity index (χ3v) is 5.46. The number of ether oxygens (including phenoxy) is 2. The minimum Gasteiger partial charge on any atom is -0.497 e. The first-order valence-electron chi connectivity index (χ1n) is 11.2. The fourth-order valence-corrected chi connectivity index (χ4v) is 3.37. The van der Waals surface area contributed by atoms with Crippen LogP contribution in [-0.2, 0) is 4.79 Å². The molecule has 9 nitrogen and oxygen atoms in total. The highest BCUT2D eigenvalue weighted by Gasteiger charge is 2.31. The molecule has 1 fully saturated rings. The van der Waals surface area contributed by atoms with Crippen molar-refractivity contribution in [2.45, 2.75) is 38.6 Å². The molecule has 1 aromatic heterocycles. The molecule has 1 aliphatic carbocycles. The molecule has 2 amide bonds. The fraction of sp³-hybridized carbons (Fsp3) is 0.360. The number of nitrogens with one attached hydrogen (secondary N) is 2. The van der Waals surface area contributed by atoms with Crippen molar-refractivity contribution in [3.8, 4) is 11.5 Å². The number of amides is 2. The molecule has 1 unspecified atom stereocenters. The van der Waals surface area contributed by atoms with E-state index in [1.54, 1.807) is 55.6 Å². The Morgan fingerprint density at radius 3 is 2.56 bits per heavy atom. The summed E-state index contributed by atoms with van der Waals surface area (Å²) in [7, 11) is 1.56. The quantitative estimate of drug-likeness (QED) is 0.464. The average Bonchev–Trinajstić information content (AvgIpc) is 3.58. The molecule has 1 heterocycles. The van der Waals surface area contributed by atoms with Gasteiger partial charge in [-0.2, -0.15) is 4.98 Å². The number of rotatable bonds is 10. The lowest BCUT2D eigenvalue weighted by Gasteiger charge is -2.18. The molecule has 178 valence electrons. The van der Waals surface area contributed by atoms with E-state index >= 15 is 0 Å². The van der Waals surface area contributed by atoms with Crippen LogP contribution in [0.25, 0.3) is 0 Å². The van der Waals surface area contributed by atoms with Crippen LogP contribution in [0.2, 0.25) is 0 Å². The molecule has 3 aromatic rings. The van der Waals surface area contributed by atoms with E-state index in [0.717, 1.165) is 12.8 Å². The smallest absolute Gasteiger partial charge is 0.262 e. The second-order valence-electron chi connectivity index (χ2n) is 8.55. The van der Waals surface area contributed by atoms with Crippen molar-refractivity contribution in [2.75, 3.05) is 19.0 Å². The normalized spacial score (nSPS) is 13.9. The predicted molar refractivity (Wildman–Crippen MR) is 125 cm³/mol. The van der Waals surface area contributed by atoms with E-state index in [-0.39, 0.29) is 30.4 Å². The Bertz CT molecular complexity index is 1140. The lowest BCUT2D eigenvalue weighted by atomic mass is 10.0. The number of hydrogen-bond acceptors (Lipinski definition) is 7. The highest BCUT2D eigenvalue weighted by Crippen LogP contribution is 2.38. The highest BCUT2D eigenvalue weighted by molar-refractivity contribution is 5.94. The lowest BCUT2D eigenvalue weighted by Crippen LogP contribution is -2.32. The molecule has 4 rings (SSSR count). The molecule has 0 bridgehead atoms. The first-order chi connectivity index (χ1) is 16.4. The van der Waals surface area contributed by atoms with Gasteiger partial charge in [0.1, 0.15) is 17.5 Å². The molecule has 9 heteroatoms. The molecule has 0 radical (unpaired) electrons. The Hall–Kier alpha value is -3.88. The Morgan fingerprint density at radius 1 is 1.12 bits per heavy atom. The van der Waals surface area contributed by atoms with Gasteiger partial charge in [0.15, 0.2) is 12.4 Å². The molecule has 34 heavy (non-hydrogen) atoms. The van der Waals surface area contributed by atoms with E-state index in [0.29, 0.717) is 40.4 Å². The van der Waals surface area contributed by atoms with Crippen molar-refractivity contribution in [3.63, 3.8) is 0 Å². The molecule has 2 aromatic carbocycles. The Morgan fingerprint density at radius 2 is 1.88 bits per heavy atom. The fourth-order valence-electron chi connectivity index (χ4n) is 3.37. The maximum absolute atomic E-state index is 12.8. The van der Waals surface area contributed by atoms with Gasteiger partial charge in [0.2, 0.25) is 5.89 Å². The summed E-state index contributed by atoms with van der Waals surface area (Å²) in [5.74, 6) is 2.15. The SMILES string of the molecule is COc1cccc(NC(=O)COc2ccc(C(=O)NC(c3nc(C4CC4)no3)C(C)C)cc2)c1. The number of benzene rings is 2. The van der Waals surface area contributed by atoms with Crippen LogP contribution in [0.15, 0.2) is 53.1 Å². The van der Waals surface area contributed by atoms with Crippen LogP contribution in [0.3, 0.4) is 0 Å². The van der Waals surface area contributed by atoms with E-state index in [1.165, 1.54) is 0 Å². The number of methoxy groups -OCH3 is 1. The second kappa shape index (κ2) is 10.4. The Balaban J connectivity index is 1.31. The standard InChI is InChI=1S/C25H28N4O5/c1-15(2)22(25-28-23(29-34-25)16-7-8-16)27-24(31)17-9-11-19(12-10-17)33-14-21(30)26-18-5-4-6-20(13-18)32-3/h4-6,9-13,15-16,22H,7-8,14H2,1-3H3,(H,26,30)(H,27,31). The lowest BCUT2D eigenvalue weighted by molar-refractivity contribution is -0.118. The van der Waals surface area contributed by atoms with Gasteiger partial charge in [0.05, 0.1) is 7.11 Å². The van der Waals surface area contributed by atoms with Gasteiger partial charge < -0.3 is 24.6 Å². The molecule has 1 aliphatic rings. The Kier molecular flexibility index (Phi) is 7.10. The van der Waals surface area contributed by atoms with Gasteiger partial charge in [-0.1, -0.05) is 25.1 Å². The van der Waals surface area contributed by atoms with Gasteiger partial charge in [-0.25, -0.2) is 0 Å². The zero-order valence-electron chi connectivity index (χ0n) is 19.4. The van der Waals surface area contributed by atoms with Gasteiger partial charge in [-0.05, 0) is 55.2 Å². The number of anilines is 1. The topological polar surface area (TPSA) is 116 Å². The van der Waals surface area contributed by atoms with E-state index in [4.69, 9.17) is 14.0 Å². The minimum atomic E-state index is -0.385. The molecular formula is C25H28N4O5. The van der Waals surface area contributed by atoms with Crippen LogP contribution in [-0.4, -0.2) is 35.7 Å². The predicted octanol–water partition coefficient (Wildman–Crippen LogP) is 4.10. The van der Waals surface area contributed by atoms with Crippen LogP contribution in [0.1, 0.15) is 60.7 Å². The summed E-state index contributed by atoms with van der Waals surface area (Å²) in [6.07, 6.45) is 2.16. The summed E-state index contributed by atoms with van der Waals surface area (Å²) >= 11 is 0. The molecular weight excluding hydrogens is 436 g/mol. The average molecular weight is 465 g/mol. The summed E-state index contributed by atoms with van der Waals surface area (Å²) in [6.45, 7) is 3.80. The van der Waals surface area contributed by atoms with Crippen molar-refractivity contribution in [2.24, 2.45) is 5.92 Å². The van der Waals surface area contributed by atoms with Crippen LogP contribution >= 0.6 is 0 Å². The maximum atomic E-state index is 12.8. The van der Waals surface area contributed by atoms with Gasteiger partial charge in [-0.15, -0.1) is 0 Å². The number of nitrogens with zero attached hydrogens (tertiary/aromatic N) is 2. The van der Waals surface area contributed by atoms with Gasteiger partial charge in [0, 0.05) is 23.2 Å². The van der Waals surface area contributed by atoms with Crippen LogP contribution in [0.4, 0.5) is 5.69 Å². The van der Waals surface area contributed by atoms with E-state index in [9.17, 15) is 9.59 Å². The zero-order chi connectivity index (χ0) is 24.1. The van der Waals surface area contributed by atoms with Crippen LogP contribution < -0.4 is 20.1 Å². The highest BCUT2D eigenvalue weighted by atomic mass is 16.5. The van der Waals surface area contributed by atoms with E-state index in [2.05, 4.69) is 20.8 Å². The van der Waals surface area contributed by atoms with Crippen molar-refractivity contribution in [3.05, 3.63) is 65.8 Å². The molecule has 2 N–H and O–H groups in total. The minimum absolute atomic E-state index is 0.0714. The largest absolute Gasteiger partial charge is 0.497 e. The summed E-state index contributed by atoms with van der Waals surface area (Å²) in [4.78, 5) is 29.4. The summed E-state index contributed by atoms with van der Waals surface area (Å²) < 4.78 is 16.1. The molecule has 0 aliphatic heterocycles. The first-order valence-corrected chi connectivity index (χ1v) is 11.2. The van der Waals surface area contributed by atoms with Crippen molar-refractivity contribution < 1.29 is 23.6 Å². The third-order valence-electron chi connectivity index (χ3n) is 5.46. The molecule has 1 saturated carbocycles. The third kappa shape index (κ3) is 5.92. The summed E-state index contributed by atoms with van der Waals surface area (Å²) in [6, 6.07) is 13.3. The molecule has 0 saturated heterocycles. The van der Waals surface area contributed by atoms with Gasteiger partial charge in [-0.3, -0.25) is 9.59 Å². The molecule has 1 atom stereocenters. The summed E-state index contributed by atoms with van der Waals surface area (Å²) in [5, 5.41) is 9.78. The van der Waals surface area contributed by atoms with E-state index in [1.807, 2.05) is 13.8 Å². The second-order valence-corrected chi connectivity index (χ2v) is 8.55. The van der Waals surface area contributed by atoms with Crippen molar-refractivity contribution in [1.29, 1.82) is 0 Å². The molecule has 0 spiro atoms. The zero-order valence-corrected chi connectivity index (χ0v) is 19.4. The number of carbonyl (C=O) groups is 2. The van der Waals surface area contributed by atoms with Gasteiger partial charge in [0.25, 0.3) is 11.8 Å². The monoisotopic (exact) mass is 464 g/mol. The first kappa shape index (κ1) is 23.3. The number of carbonyl (C=O) groups excluding carboxylic acids is 2. The summed E-state index contributed by atoms with van der Waals surface area (Å²) in [5.41, 5.74) is 1.07. The Labute approximate surface area is 197 Å². The van der Waals surface area contributed by atoms with E-state index < -0.39 is 0 Å². The maximum Gasteiger partial charge on any atom is 0.262 e.